The molecule has 31 heavy (non-hydrogen) atoms. The van der Waals surface area contributed by atoms with Crippen LogP contribution < -0.4 is 15.6 Å². The summed E-state index contributed by atoms with van der Waals surface area (Å²) < 4.78 is 20.7. The second-order valence-electron chi connectivity index (χ2n) is 7.43. The summed E-state index contributed by atoms with van der Waals surface area (Å²) in [5.41, 5.74) is 1.31. The van der Waals surface area contributed by atoms with Crippen LogP contribution in [0.2, 0.25) is 0 Å². The molecule has 0 fully saturated rings. The van der Waals surface area contributed by atoms with Crippen molar-refractivity contribution >= 4 is 29.0 Å². The second-order valence-corrected chi connectivity index (χ2v) is 7.81. The molecule has 6 nitrogen and oxygen atoms in total. The number of nitrogens with one attached hydrogen (secondary N) is 2. The van der Waals surface area contributed by atoms with Gasteiger partial charge in [-0.25, -0.2) is 4.39 Å². The van der Waals surface area contributed by atoms with Crippen LogP contribution in [-0.2, 0) is 11.3 Å². The Bertz CT molecular complexity index is 1190. The van der Waals surface area contributed by atoms with E-state index >= 15 is 0 Å². The number of halogens is 1. The molecule has 1 unspecified atom stereocenters. The van der Waals surface area contributed by atoms with E-state index in [2.05, 4.69) is 10.3 Å². The summed E-state index contributed by atoms with van der Waals surface area (Å²) in [6.07, 6.45) is 2.58. The van der Waals surface area contributed by atoms with E-state index in [-0.39, 0.29) is 23.3 Å². The number of methoxy groups -OCH3 is 1. The molecule has 3 aromatic rings. The standard InChI is InChI=1S/C23H26FN3O3S/c1-15(16-11-12-20(30-2)18(24)14-16)25-21(28)10-4-3-7-13-27-22(29)17-8-5-6-9-19(17)26-23(27)31/h5-6,8-9,11-12,14-15H,3-4,7,10,13H2,1-2H3,(H,25,28)(H,26,31). The molecule has 0 radical (unpaired) electrons. The van der Waals surface area contributed by atoms with E-state index in [0.29, 0.717) is 35.1 Å². The highest BCUT2D eigenvalue weighted by atomic mass is 32.1. The molecule has 1 aromatic heterocycles. The molecule has 1 heterocycles. The van der Waals surface area contributed by atoms with Crippen molar-refractivity contribution in [2.45, 2.75) is 45.2 Å². The Morgan fingerprint density at radius 1 is 1.23 bits per heavy atom. The lowest BCUT2D eigenvalue weighted by Gasteiger charge is -2.15. The van der Waals surface area contributed by atoms with Crippen LogP contribution in [0.15, 0.2) is 47.3 Å². The van der Waals surface area contributed by atoms with Crippen LogP contribution in [0.4, 0.5) is 4.39 Å². The lowest BCUT2D eigenvalue weighted by molar-refractivity contribution is -0.121. The minimum atomic E-state index is -0.455. The Kier molecular flexibility index (Phi) is 7.57. The molecular formula is C23H26FN3O3S. The SMILES string of the molecule is COc1ccc(C(C)NC(=O)CCCCCn2c(=S)[nH]c3ccccc3c2=O)cc1F. The maximum absolute atomic E-state index is 13.8. The maximum Gasteiger partial charge on any atom is 0.262 e. The van der Waals surface area contributed by atoms with Crippen molar-refractivity contribution in [2.75, 3.05) is 7.11 Å². The van der Waals surface area contributed by atoms with Crippen LogP contribution in [0.1, 0.15) is 44.2 Å². The largest absolute Gasteiger partial charge is 0.494 e. The fourth-order valence-corrected chi connectivity index (χ4v) is 3.77. The number of hydrogen-bond acceptors (Lipinski definition) is 4. The normalized spacial score (nSPS) is 12.0. The number of carbonyl (C=O) groups excluding carboxylic acids is 1. The number of rotatable bonds is 9. The zero-order valence-corrected chi connectivity index (χ0v) is 18.4. The molecule has 2 aromatic carbocycles. The van der Waals surface area contributed by atoms with Crippen molar-refractivity contribution in [1.82, 2.24) is 14.9 Å². The van der Waals surface area contributed by atoms with Crippen molar-refractivity contribution in [3.05, 3.63) is 69.0 Å². The molecule has 0 bridgehead atoms. The number of fused-ring (bicyclic) bond motifs is 1. The van der Waals surface area contributed by atoms with E-state index in [4.69, 9.17) is 17.0 Å². The first kappa shape index (κ1) is 22.7. The van der Waals surface area contributed by atoms with Gasteiger partial charge in [-0.15, -0.1) is 0 Å². The predicted molar refractivity (Wildman–Crippen MR) is 121 cm³/mol. The number of nitrogens with zero attached hydrogens (tertiary/aromatic N) is 1. The highest BCUT2D eigenvalue weighted by Gasteiger charge is 2.12. The Morgan fingerprint density at radius 2 is 2.00 bits per heavy atom. The van der Waals surface area contributed by atoms with E-state index in [1.165, 1.54) is 13.2 Å². The van der Waals surface area contributed by atoms with Gasteiger partial charge >= 0.3 is 0 Å². The zero-order chi connectivity index (χ0) is 22.4. The molecule has 0 aliphatic rings. The number of ether oxygens (including phenoxy) is 1. The number of aromatic amines is 1. The average Bonchev–Trinajstić information content (AvgIpc) is 2.75. The maximum atomic E-state index is 13.8. The minimum Gasteiger partial charge on any atom is -0.494 e. The smallest absolute Gasteiger partial charge is 0.262 e. The van der Waals surface area contributed by atoms with Gasteiger partial charge in [-0.2, -0.15) is 0 Å². The van der Waals surface area contributed by atoms with Gasteiger partial charge in [-0.05, 0) is 61.8 Å². The fraction of sp³-hybridized carbons (Fsp3) is 0.348. The zero-order valence-electron chi connectivity index (χ0n) is 17.6. The summed E-state index contributed by atoms with van der Waals surface area (Å²) in [5.74, 6) is -0.375. The Balaban J connectivity index is 1.46. The van der Waals surface area contributed by atoms with E-state index in [9.17, 15) is 14.0 Å². The molecule has 8 heteroatoms. The number of benzene rings is 2. The first-order chi connectivity index (χ1) is 14.9. The van der Waals surface area contributed by atoms with Crippen LogP contribution >= 0.6 is 12.2 Å². The third-order valence-electron chi connectivity index (χ3n) is 5.23. The Morgan fingerprint density at radius 3 is 2.74 bits per heavy atom. The molecule has 0 aliphatic carbocycles. The monoisotopic (exact) mass is 443 g/mol. The van der Waals surface area contributed by atoms with Gasteiger partial charge in [0, 0.05) is 13.0 Å². The van der Waals surface area contributed by atoms with Crippen molar-refractivity contribution in [3.63, 3.8) is 0 Å². The molecule has 2 N–H and O–H groups in total. The Hall–Kier alpha value is -3.00. The second kappa shape index (κ2) is 10.3. The molecule has 164 valence electrons. The molecule has 0 aliphatic heterocycles. The van der Waals surface area contributed by atoms with Gasteiger partial charge in [-0.1, -0.05) is 24.6 Å². The molecular weight excluding hydrogens is 417 g/mol. The molecule has 1 atom stereocenters. The number of para-hydroxylation sites is 1. The summed E-state index contributed by atoms with van der Waals surface area (Å²) >= 11 is 5.31. The first-order valence-electron chi connectivity index (χ1n) is 10.3. The minimum absolute atomic E-state index is 0.0936. The van der Waals surface area contributed by atoms with Crippen LogP contribution in [0, 0.1) is 10.6 Å². The molecule has 0 saturated heterocycles. The van der Waals surface area contributed by atoms with Crippen LogP contribution in [-0.4, -0.2) is 22.6 Å². The van der Waals surface area contributed by atoms with Crippen LogP contribution in [0.5, 0.6) is 5.75 Å². The molecule has 0 saturated carbocycles. The van der Waals surface area contributed by atoms with Crippen molar-refractivity contribution in [1.29, 1.82) is 0 Å². The van der Waals surface area contributed by atoms with Gasteiger partial charge < -0.3 is 15.0 Å². The van der Waals surface area contributed by atoms with Gasteiger partial charge in [-0.3, -0.25) is 14.2 Å². The van der Waals surface area contributed by atoms with Gasteiger partial charge in [0.2, 0.25) is 5.91 Å². The van der Waals surface area contributed by atoms with Crippen LogP contribution in [0.25, 0.3) is 10.9 Å². The Labute approximate surface area is 185 Å². The number of amides is 1. The molecule has 1 amide bonds. The number of aromatic nitrogens is 2. The summed E-state index contributed by atoms with van der Waals surface area (Å²) in [4.78, 5) is 27.9. The van der Waals surface area contributed by atoms with Crippen molar-refractivity contribution < 1.29 is 13.9 Å². The van der Waals surface area contributed by atoms with Gasteiger partial charge in [0.05, 0.1) is 24.1 Å². The van der Waals surface area contributed by atoms with Gasteiger partial charge in [0.25, 0.3) is 5.56 Å². The summed E-state index contributed by atoms with van der Waals surface area (Å²) in [7, 11) is 1.41. The van der Waals surface area contributed by atoms with E-state index in [0.717, 1.165) is 18.4 Å². The lowest BCUT2D eigenvalue weighted by atomic mass is 10.1. The van der Waals surface area contributed by atoms with Crippen molar-refractivity contribution in [2.24, 2.45) is 0 Å². The lowest BCUT2D eigenvalue weighted by Crippen LogP contribution is -2.26. The molecule has 3 rings (SSSR count). The fourth-order valence-electron chi connectivity index (χ4n) is 3.48. The predicted octanol–water partition coefficient (Wildman–Crippen LogP) is 4.64. The molecule has 0 spiro atoms. The van der Waals surface area contributed by atoms with Gasteiger partial charge in [0.1, 0.15) is 0 Å². The number of H-pyrrole nitrogens is 1. The van der Waals surface area contributed by atoms with Crippen LogP contribution in [0.3, 0.4) is 0 Å². The third kappa shape index (κ3) is 5.58. The summed E-state index contributed by atoms with van der Waals surface area (Å²) in [6.45, 7) is 2.31. The highest BCUT2D eigenvalue weighted by molar-refractivity contribution is 7.71. The summed E-state index contributed by atoms with van der Waals surface area (Å²) in [5, 5.41) is 3.50. The number of unbranched alkanes of at least 4 members (excludes halogenated alkanes) is 2. The quantitative estimate of drug-likeness (QED) is 0.373. The van der Waals surface area contributed by atoms with Crippen molar-refractivity contribution in [3.8, 4) is 5.75 Å². The summed E-state index contributed by atoms with van der Waals surface area (Å²) in [6, 6.07) is 11.6. The number of carbonyl (C=O) groups is 1. The average molecular weight is 444 g/mol. The topological polar surface area (TPSA) is 76.1 Å². The third-order valence-corrected chi connectivity index (χ3v) is 5.55. The van der Waals surface area contributed by atoms with E-state index < -0.39 is 5.82 Å². The van der Waals surface area contributed by atoms with E-state index in [1.54, 1.807) is 22.8 Å². The first-order valence-corrected chi connectivity index (χ1v) is 10.7. The van der Waals surface area contributed by atoms with Gasteiger partial charge in [0.15, 0.2) is 16.3 Å². The van der Waals surface area contributed by atoms with E-state index in [1.807, 2.05) is 25.1 Å². The highest BCUT2D eigenvalue weighted by Crippen LogP contribution is 2.21. The number of hydrogen-bond donors (Lipinski definition) is 2.